The van der Waals surface area contributed by atoms with Crippen LogP contribution in [0.25, 0.3) is 6.08 Å². The first-order valence-electron chi connectivity index (χ1n) is 8.80. The van der Waals surface area contributed by atoms with E-state index >= 15 is 0 Å². The van der Waals surface area contributed by atoms with Crippen molar-refractivity contribution in [2.24, 2.45) is 0 Å². The van der Waals surface area contributed by atoms with Gasteiger partial charge in [0, 0.05) is 29.9 Å². The van der Waals surface area contributed by atoms with E-state index in [9.17, 15) is 9.59 Å². The van der Waals surface area contributed by atoms with Gasteiger partial charge in [-0.3, -0.25) is 14.5 Å². The van der Waals surface area contributed by atoms with E-state index in [4.69, 9.17) is 4.74 Å². The number of nitrogens with zero attached hydrogens (tertiary/aromatic N) is 2. The van der Waals surface area contributed by atoms with Gasteiger partial charge in [-0.1, -0.05) is 24.3 Å². The highest BCUT2D eigenvalue weighted by Gasteiger charge is 2.24. The topological polar surface area (TPSA) is 59.5 Å². The minimum atomic E-state index is -0.136. The number of benzene rings is 2. The zero-order valence-electron chi connectivity index (χ0n) is 15.5. The molecule has 0 atom stereocenters. The van der Waals surface area contributed by atoms with Crippen LogP contribution in [0.3, 0.4) is 0 Å². The van der Waals surface area contributed by atoms with Crippen molar-refractivity contribution in [3.05, 3.63) is 76.3 Å². The number of fused-ring (bicyclic) bond motifs is 1. The fourth-order valence-electron chi connectivity index (χ4n) is 3.25. The Morgan fingerprint density at radius 3 is 2.61 bits per heavy atom. The number of hydrogen-bond acceptors (Lipinski definition) is 5. The summed E-state index contributed by atoms with van der Waals surface area (Å²) in [6.45, 7) is 1.50. The predicted octanol–water partition coefficient (Wildman–Crippen LogP) is 4.66. The lowest BCUT2D eigenvalue weighted by molar-refractivity contribution is -0.115. The van der Waals surface area contributed by atoms with Crippen LogP contribution in [0, 0.1) is 0 Å². The van der Waals surface area contributed by atoms with Gasteiger partial charge in [-0.15, -0.1) is 11.3 Å². The number of rotatable bonds is 4. The molecule has 1 aliphatic carbocycles. The van der Waals surface area contributed by atoms with Crippen LogP contribution in [-0.2, 0) is 11.2 Å². The number of allylic oxidation sites excluding steroid dienone is 1. The molecule has 140 valence electrons. The number of Topliss-reactive ketones (excluding diaryl/α,β-unsaturated/α-hetero) is 1. The van der Waals surface area contributed by atoms with Crippen molar-refractivity contribution in [3.63, 3.8) is 0 Å². The van der Waals surface area contributed by atoms with Crippen molar-refractivity contribution in [2.45, 2.75) is 13.3 Å². The third-order valence-corrected chi connectivity index (χ3v) is 5.45. The number of carbonyl (C=O) groups excluding carboxylic acids is 2. The summed E-state index contributed by atoms with van der Waals surface area (Å²) in [7, 11) is 1.60. The number of carbonyl (C=O) groups is 2. The van der Waals surface area contributed by atoms with Crippen molar-refractivity contribution in [1.29, 1.82) is 0 Å². The van der Waals surface area contributed by atoms with Gasteiger partial charge in [0.15, 0.2) is 10.9 Å². The highest BCUT2D eigenvalue weighted by molar-refractivity contribution is 7.14. The average Bonchev–Trinajstić information content (AvgIpc) is 3.28. The number of aromatic nitrogens is 1. The zero-order chi connectivity index (χ0) is 19.7. The van der Waals surface area contributed by atoms with Gasteiger partial charge in [-0.25, -0.2) is 4.98 Å². The molecular weight excluding hydrogens is 372 g/mol. The zero-order valence-corrected chi connectivity index (χ0v) is 16.3. The van der Waals surface area contributed by atoms with Gasteiger partial charge in [0.1, 0.15) is 5.75 Å². The van der Waals surface area contributed by atoms with Crippen LogP contribution in [0.15, 0.2) is 59.5 Å². The number of thiazole rings is 1. The molecule has 0 saturated heterocycles. The largest absolute Gasteiger partial charge is 0.497 e. The smallest absolute Gasteiger partial charge is 0.230 e. The molecule has 28 heavy (non-hydrogen) atoms. The second kappa shape index (κ2) is 7.40. The van der Waals surface area contributed by atoms with Crippen LogP contribution in [0.5, 0.6) is 5.75 Å². The molecule has 3 aromatic rings. The molecule has 1 aromatic heterocycles. The van der Waals surface area contributed by atoms with Crippen molar-refractivity contribution < 1.29 is 14.3 Å². The summed E-state index contributed by atoms with van der Waals surface area (Å²) in [6.07, 6.45) is 2.42. The van der Waals surface area contributed by atoms with Gasteiger partial charge in [0.05, 0.1) is 18.5 Å². The molecule has 0 saturated carbocycles. The van der Waals surface area contributed by atoms with Crippen LogP contribution in [0.2, 0.25) is 0 Å². The maximum atomic E-state index is 12.6. The highest BCUT2D eigenvalue weighted by atomic mass is 32.1. The Balaban J connectivity index is 1.62. The summed E-state index contributed by atoms with van der Waals surface area (Å²) in [6, 6.07) is 14.9. The first kappa shape index (κ1) is 18.1. The van der Waals surface area contributed by atoms with Gasteiger partial charge in [0.25, 0.3) is 0 Å². The molecule has 0 aliphatic heterocycles. The molecule has 0 unspecified atom stereocenters. The molecule has 5 nitrogen and oxygen atoms in total. The summed E-state index contributed by atoms with van der Waals surface area (Å²) < 4.78 is 5.17. The molecule has 2 aromatic carbocycles. The molecule has 4 rings (SSSR count). The fourth-order valence-corrected chi connectivity index (χ4v) is 4.10. The number of ketones is 1. The molecule has 0 spiro atoms. The Morgan fingerprint density at radius 2 is 1.93 bits per heavy atom. The van der Waals surface area contributed by atoms with E-state index in [1.807, 2.05) is 47.9 Å². The standard InChI is InChI=1S/C22H18N2O3S/c1-14(25)24(18-7-9-19(27-2)10-8-18)22-23-17(13-28-22)12-16-11-15-5-3-4-6-20(15)21(16)26/h3-10,12-13H,11H2,1-2H3/b16-12-. The maximum Gasteiger partial charge on any atom is 0.230 e. The number of amides is 1. The van der Waals surface area contributed by atoms with Crippen LogP contribution in [0.4, 0.5) is 10.8 Å². The molecule has 6 heteroatoms. The van der Waals surface area contributed by atoms with Crippen LogP contribution in [-0.4, -0.2) is 23.8 Å². The van der Waals surface area contributed by atoms with Gasteiger partial charge in [0.2, 0.25) is 5.91 Å². The molecule has 1 amide bonds. The lowest BCUT2D eigenvalue weighted by atomic mass is 10.1. The third-order valence-electron chi connectivity index (χ3n) is 4.60. The SMILES string of the molecule is COc1ccc(N(C(C)=O)c2nc(/C=C3/Cc4ccccc4C3=O)cs2)cc1. The highest BCUT2D eigenvalue weighted by Crippen LogP contribution is 2.32. The maximum absolute atomic E-state index is 12.6. The first-order chi connectivity index (χ1) is 13.6. The Morgan fingerprint density at radius 1 is 1.18 bits per heavy atom. The van der Waals surface area contributed by atoms with E-state index in [1.54, 1.807) is 24.1 Å². The van der Waals surface area contributed by atoms with E-state index in [0.29, 0.717) is 22.9 Å². The van der Waals surface area contributed by atoms with Gasteiger partial charge >= 0.3 is 0 Å². The molecule has 0 fully saturated rings. The monoisotopic (exact) mass is 390 g/mol. The number of methoxy groups -OCH3 is 1. The van der Waals surface area contributed by atoms with Gasteiger partial charge < -0.3 is 4.74 Å². The number of ether oxygens (including phenoxy) is 1. The second-order valence-electron chi connectivity index (χ2n) is 6.44. The normalized spacial score (nSPS) is 14.2. The number of hydrogen-bond donors (Lipinski definition) is 0. The van der Waals surface area contributed by atoms with E-state index in [0.717, 1.165) is 22.4 Å². The van der Waals surface area contributed by atoms with E-state index in [2.05, 4.69) is 4.98 Å². The molecule has 1 aliphatic rings. The average molecular weight is 390 g/mol. The minimum absolute atomic E-state index is 0.0451. The Kier molecular flexibility index (Phi) is 4.79. The van der Waals surface area contributed by atoms with Crippen molar-refractivity contribution in [3.8, 4) is 5.75 Å². The summed E-state index contributed by atoms with van der Waals surface area (Å²) in [5.41, 5.74) is 3.91. The predicted molar refractivity (Wildman–Crippen MR) is 110 cm³/mol. The Labute approximate surface area is 166 Å². The lowest BCUT2D eigenvalue weighted by Crippen LogP contribution is -2.22. The Bertz CT molecular complexity index is 1080. The third kappa shape index (κ3) is 3.34. The van der Waals surface area contributed by atoms with Crippen LogP contribution < -0.4 is 9.64 Å². The first-order valence-corrected chi connectivity index (χ1v) is 9.68. The summed E-state index contributed by atoms with van der Waals surface area (Å²) in [5, 5.41) is 2.42. The van der Waals surface area contributed by atoms with Crippen LogP contribution >= 0.6 is 11.3 Å². The molecule has 0 bridgehead atoms. The lowest BCUT2D eigenvalue weighted by Gasteiger charge is -2.18. The second-order valence-corrected chi connectivity index (χ2v) is 7.28. The summed E-state index contributed by atoms with van der Waals surface area (Å²) >= 11 is 1.37. The van der Waals surface area contributed by atoms with E-state index < -0.39 is 0 Å². The Hall–Kier alpha value is -3.25. The molecule has 1 heterocycles. The van der Waals surface area contributed by atoms with Crippen molar-refractivity contribution in [2.75, 3.05) is 12.0 Å². The van der Waals surface area contributed by atoms with Gasteiger partial charge in [-0.2, -0.15) is 0 Å². The number of anilines is 2. The van der Waals surface area contributed by atoms with E-state index in [-0.39, 0.29) is 11.7 Å². The van der Waals surface area contributed by atoms with Crippen molar-refractivity contribution >= 4 is 39.9 Å². The van der Waals surface area contributed by atoms with Crippen molar-refractivity contribution in [1.82, 2.24) is 4.98 Å². The summed E-state index contributed by atoms with van der Waals surface area (Å²) in [4.78, 5) is 30.9. The molecule has 0 radical (unpaired) electrons. The minimum Gasteiger partial charge on any atom is -0.497 e. The van der Waals surface area contributed by atoms with Gasteiger partial charge in [-0.05, 0) is 35.9 Å². The molecule has 0 N–H and O–H groups in total. The van der Waals surface area contributed by atoms with Crippen LogP contribution in [0.1, 0.15) is 28.5 Å². The van der Waals surface area contributed by atoms with E-state index in [1.165, 1.54) is 18.3 Å². The molecular formula is C22H18N2O3S. The fraction of sp³-hybridized carbons (Fsp3) is 0.136. The summed E-state index contributed by atoms with van der Waals surface area (Å²) in [5.74, 6) is 0.628. The quantitative estimate of drug-likeness (QED) is 0.608.